The third-order valence-corrected chi connectivity index (χ3v) is 12.5. The van der Waals surface area contributed by atoms with Gasteiger partial charge in [0.15, 0.2) is 0 Å². The van der Waals surface area contributed by atoms with E-state index >= 15 is 0 Å². The van der Waals surface area contributed by atoms with Gasteiger partial charge in [0.05, 0.1) is 5.69 Å². The summed E-state index contributed by atoms with van der Waals surface area (Å²) in [6, 6.07) is 85.4. The van der Waals surface area contributed by atoms with E-state index < -0.39 is 0 Å². The second kappa shape index (κ2) is 14.8. The average molecular weight is 790 g/mol. The molecule has 0 unspecified atom stereocenters. The molecule has 0 amide bonds. The molecule has 0 aliphatic heterocycles. The summed E-state index contributed by atoms with van der Waals surface area (Å²) in [5.74, 6) is 0. The lowest BCUT2D eigenvalue weighted by Crippen LogP contribution is -2.11. The van der Waals surface area contributed by atoms with Gasteiger partial charge in [-0.2, -0.15) is 0 Å². The fraction of sp³-hybridized carbons (Fsp3) is 0. The highest BCUT2D eigenvalue weighted by molar-refractivity contribution is 6.25. The monoisotopic (exact) mass is 789 g/mol. The Labute approximate surface area is 360 Å². The van der Waals surface area contributed by atoms with E-state index in [-0.39, 0.29) is 0 Å². The Morgan fingerprint density at radius 3 is 1.26 bits per heavy atom. The lowest BCUT2D eigenvalue weighted by atomic mass is 9.92. The van der Waals surface area contributed by atoms with E-state index in [4.69, 9.17) is 4.42 Å². The molecule has 1 heterocycles. The number of furan rings is 1. The Morgan fingerprint density at radius 2 is 0.645 bits per heavy atom. The number of para-hydroxylation sites is 2. The van der Waals surface area contributed by atoms with Crippen molar-refractivity contribution in [1.29, 1.82) is 0 Å². The Kier molecular flexibility index (Phi) is 8.53. The van der Waals surface area contributed by atoms with Crippen molar-refractivity contribution in [2.45, 2.75) is 0 Å². The Bertz CT molecular complexity index is 3570. The quantitative estimate of drug-likeness (QED) is 0.150. The van der Waals surface area contributed by atoms with E-state index in [1.807, 2.05) is 12.1 Å². The number of hydrogen-bond acceptors (Lipinski definition) is 2. The Balaban J connectivity index is 0.891. The molecule has 12 rings (SSSR count). The summed E-state index contributed by atoms with van der Waals surface area (Å²) in [4.78, 5) is 2.37. The molecule has 0 aliphatic carbocycles. The van der Waals surface area contributed by atoms with Gasteiger partial charge in [0, 0.05) is 27.7 Å². The van der Waals surface area contributed by atoms with Crippen molar-refractivity contribution in [3.63, 3.8) is 0 Å². The number of fused-ring (bicyclic) bond motifs is 9. The zero-order valence-electron chi connectivity index (χ0n) is 33.9. The molecule has 0 saturated heterocycles. The average Bonchev–Trinajstić information content (AvgIpc) is 3.73. The fourth-order valence-corrected chi connectivity index (χ4v) is 9.41. The Morgan fingerprint density at radius 1 is 0.242 bits per heavy atom. The molecule has 2 nitrogen and oxygen atoms in total. The zero-order chi connectivity index (χ0) is 41.0. The summed E-state index contributed by atoms with van der Waals surface area (Å²) in [5, 5.41) is 10.0. The lowest BCUT2D eigenvalue weighted by molar-refractivity contribution is 0.669. The highest BCUT2D eigenvalue weighted by Gasteiger charge is 2.18. The maximum atomic E-state index is 6.13. The van der Waals surface area contributed by atoms with Crippen LogP contribution in [0.25, 0.3) is 98.8 Å². The first kappa shape index (κ1) is 35.7. The highest BCUT2D eigenvalue weighted by Crippen LogP contribution is 2.43. The standard InChI is InChI=1S/C60H39NO/c1-2-12-44(13-3-1)49-14-8-10-20-58(49)61(48-34-28-43(29-35-48)46-31-37-60-57(39-46)55-19-9-11-21-59(55)62-60)47-32-26-41(27-33-47)40-22-24-42(25-23-40)45-30-36-54-52-17-5-4-15-50(52)51-16-6-7-18-53(51)56(54)38-45/h1-39H. The summed E-state index contributed by atoms with van der Waals surface area (Å²) >= 11 is 0. The van der Waals surface area contributed by atoms with Gasteiger partial charge in [-0.25, -0.2) is 0 Å². The van der Waals surface area contributed by atoms with E-state index in [2.05, 4.69) is 229 Å². The predicted molar refractivity (Wildman–Crippen MR) is 263 cm³/mol. The van der Waals surface area contributed by atoms with Crippen LogP contribution in [0.4, 0.5) is 17.1 Å². The minimum Gasteiger partial charge on any atom is -0.456 e. The van der Waals surface area contributed by atoms with Crippen molar-refractivity contribution in [3.8, 4) is 44.5 Å². The summed E-state index contributed by atoms with van der Waals surface area (Å²) < 4.78 is 6.13. The number of hydrogen-bond donors (Lipinski definition) is 0. The molecule has 1 aromatic heterocycles. The van der Waals surface area contributed by atoms with Gasteiger partial charge in [0.25, 0.3) is 0 Å². The van der Waals surface area contributed by atoms with Crippen LogP contribution in [-0.2, 0) is 0 Å². The number of benzene rings is 11. The first-order valence-electron chi connectivity index (χ1n) is 21.2. The molecule has 0 spiro atoms. The number of anilines is 3. The molecule has 0 aliphatic rings. The summed E-state index contributed by atoms with van der Waals surface area (Å²) in [7, 11) is 0. The van der Waals surface area contributed by atoms with E-state index in [0.717, 1.165) is 50.1 Å². The molecule has 290 valence electrons. The van der Waals surface area contributed by atoms with E-state index in [9.17, 15) is 0 Å². The van der Waals surface area contributed by atoms with Gasteiger partial charge in [-0.15, -0.1) is 0 Å². The van der Waals surface area contributed by atoms with Crippen LogP contribution >= 0.6 is 0 Å². The molecular weight excluding hydrogens is 751 g/mol. The van der Waals surface area contributed by atoms with Gasteiger partial charge in [-0.1, -0.05) is 182 Å². The molecule has 11 aromatic carbocycles. The molecular formula is C60H39NO. The first-order valence-corrected chi connectivity index (χ1v) is 21.2. The van der Waals surface area contributed by atoms with Crippen LogP contribution in [0.3, 0.4) is 0 Å². The van der Waals surface area contributed by atoms with Gasteiger partial charge in [0.2, 0.25) is 0 Å². The van der Waals surface area contributed by atoms with E-state index in [1.54, 1.807) is 0 Å². The summed E-state index contributed by atoms with van der Waals surface area (Å²) in [5.41, 5.74) is 14.5. The van der Waals surface area contributed by atoms with Crippen molar-refractivity contribution in [1.82, 2.24) is 0 Å². The van der Waals surface area contributed by atoms with Crippen LogP contribution in [0, 0.1) is 0 Å². The molecule has 2 heteroatoms. The van der Waals surface area contributed by atoms with Crippen LogP contribution in [0.2, 0.25) is 0 Å². The van der Waals surface area contributed by atoms with Gasteiger partial charge in [-0.05, 0) is 126 Å². The van der Waals surface area contributed by atoms with E-state index in [0.29, 0.717) is 0 Å². The highest BCUT2D eigenvalue weighted by atomic mass is 16.3. The molecule has 0 fully saturated rings. The van der Waals surface area contributed by atoms with Crippen molar-refractivity contribution >= 4 is 71.3 Å². The minimum absolute atomic E-state index is 0.905. The van der Waals surface area contributed by atoms with Gasteiger partial charge in [-0.3, -0.25) is 0 Å². The van der Waals surface area contributed by atoms with Crippen LogP contribution in [0.15, 0.2) is 241 Å². The van der Waals surface area contributed by atoms with Crippen molar-refractivity contribution < 1.29 is 4.42 Å². The van der Waals surface area contributed by atoms with Crippen LogP contribution in [0.1, 0.15) is 0 Å². The maximum Gasteiger partial charge on any atom is 0.135 e. The molecule has 0 atom stereocenters. The number of rotatable bonds is 7. The van der Waals surface area contributed by atoms with Gasteiger partial charge < -0.3 is 9.32 Å². The molecule has 0 saturated carbocycles. The van der Waals surface area contributed by atoms with Crippen LogP contribution < -0.4 is 4.90 Å². The maximum absolute atomic E-state index is 6.13. The minimum atomic E-state index is 0.905. The van der Waals surface area contributed by atoms with Crippen LogP contribution in [-0.4, -0.2) is 0 Å². The van der Waals surface area contributed by atoms with Crippen molar-refractivity contribution in [2.75, 3.05) is 4.90 Å². The molecule has 12 aromatic rings. The van der Waals surface area contributed by atoms with Gasteiger partial charge in [0.1, 0.15) is 11.2 Å². The first-order chi connectivity index (χ1) is 30.7. The SMILES string of the molecule is c1ccc(-c2ccccc2N(c2ccc(-c3ccc(-c4ccc5c6ccccc6c6ccccc6c5c4)cc3)cc2)c2ccc(-c3ccc4oc5ccccc5c4c3)cc2)cc1. The zero-order valence-corrected chi connectivity index (χ0v) is 33.9. The van der Waals surface area contributed by atoms with Gasteiger partial charge >= 0.3 is 0 Å². The third kappa shape index (κ3) is 6.12. The smallest absolute Gasteiger partial charge is 0.135 e. The molecule has 0 bridgehead atoms. The summed E-state index contributed by atoms with van der Waals surface area (Å²) in [6.07, 6.45) is 0. The largest absolute Gasteiger partial charge is 0.456 e. The van der Waals surface area contributed by atoms with Crippen LogP contribution in [0.5, 0.6) is 0 Å². The second-order valence-corrected chi connectivity index (χ2v) is 16.1. The summed E-state index contributed by atoms with van der Waals surface area (Å²) in [6.45, 7) is 0. The topological polar surface area (TPSA) is 16.4 Å². The molecule has 0 N–H and O–H groups in total. The fourth-order valence-electron chi connectivity index (χ4n) is 9.41. The molecule has 0 radical (unpaired) electrons. The van der Waals surface area contributed by atoms with E-state index in [1.165, 1.54) is 65.7 Å². The third-order valence-electron chi connectivity index (χ3n) is 12.5. The lowest BCUT2D eigenvalue weighted by Gasteiger charge is -2.28. The normalized spacial score (nSPS) is 11.5. The second-order valence-electron chi connectivity index (χ2n) is 16.1. The molecule has 62 heavy (non-hydrogen) atoms. The Hall–Kier alpha value is -8.20. The predicted octanol–water partition coefficient (Wildman–Crippen LogP) is 17.2. The number of nitrogens with zero attached hydrogens (tertiary/aromatic N) is 1. The van der Waals surface area contributed by atoms with Crippen molar-refractivity contribution in [3.05, 3.63) is 237 Å². The van der Waals surface area contributed by atoms with Crippen molar-refractivity contribution in [2.24, 2.45) is 0 Å².